The van der Waals surface area contributed by atoms with Gasteiger partial charge < -0.3 is 14.8 Å². The molecule has 1 fully saturated rings. The fourth-order valence-electron chi connectivity index (χ4n) is 3.71. The molecule has 1 aliphatic carbocycles. The number of anilines is 1. The second-order valence-electron chi connectivity index (χ2n) is 8.41. The second-order valence-corrected chi connectivity index (χ2v) is 9.61. The number of thioether (sulfide) groups is 1. The molecule has 0 radical (unpaired) electrons. The number of carbonyl (C=O) groups is 1. The molecule has 2 aromatic rings. The van der Waals surface area contributed by atoms with Crippen molar-refractivity contribution in [2.24, 2.45) is 5.41 Å². The maximum absolute atomic E-state index is 14.1. The van der Waals surface area contributed by atoms with Gasteiger partial charge in [0.25, 0.3) is 0 Å². The number of methoxy groups -OCH3 is 1. The molecule has 184 valence electrons. The van der Waals surface area contributed by atoms with Crippen molar-refractivity contribution in [3.05, 3.63) is 94.7 Å². The van der Waals surface area contributed by atoms with Crippen LogP contribution in [0.15, 0.2) is 88.2 Å². The first-order valence-electron chi connectivity index (χ1n) is 10.8. The van der Waals surface area contributed by atoms with Crippen LogP contribution >= 0.6 is 11.8 Å². The molecule has 35 heavy (non-hydrogen) atoms. The number of epoxide rings is 1. The molecule has 4 nitrogen and oxygen atoms in total. The molecule has 3 unspecified atom stereocenters. The summed E-state index contributed by atoms with van der Waals surface area (Å²) in [5.41, 5.74) is -0.931. The molecule has 1 N–H and O–H groups in total. The second kappa shape index (κ2) is 9.91. The molecule has 0 saturated carbocycles. The van der Waals surface area contributed by atoms with Crippen LogP contribution in [0.3, 0.4) is 0 Å². The predicted octanol–water partition coefficient (Wildman–Crippen LogP) is 6.88. The fourth-order valence-corrected chi connectivity index (χ4v) is 4.78. The van der Waals surface area contributed by atoms with E-state index in [1.165, 1.54) is 50.1 Å². The third-order valence-electron chi connectivity index (χ3n) is 5.89. The fraction of sp³-hybridized carbons (Fsp3) is 0.269. The van der Waals surface area contributed by atoms with Crippen molar-refractivity contribution in [2.45, 2.75) is 36.7 Å². The van der Waals surface area contributed by atoms with E-state index >= 15 is 0 Å². The maximum Gasteiger partial charge on any atom is 0.398 e. The van der Waals surface area contributed by atoms with Crippen molar-refractivity contribution in [3.63, 3.8) is 0 Å². The number of hydrogen-bond donors (Lipinski definition) is 1. The van der Waals surface area contributed by atoms with Crippen LogP contribution in [0.25, 0.3) is 0 Å². The minimum Gasteiger partial charge on any atom is -0.465 e. The molecular formula is C26H23F4NO3S. The lowest BCUT2D eigenvalue weighted by atomic mass is 9.75. The van der Waals surface area contributed by atoms with E-state index in [2.05, 4.69) is 5.32 Å². The van der Waals surface area contributed by atoms with Crippen molar-refractivity contribution >= 4 is 23.4 Å². The first kappa shape index (κ1) is 25.1. The number of hydrogen-bond acceptors (Lipinski definition) is 5. The number of nitrogens with one attached hydrogen (secondary N) is 1. The highest BCUT2D eigenvalue weighted by Crippen LogP contribution is 2.53. The van der Waals surface area contributed by atoms with Crippen LogP contribution in [-0.4, -0.2) is 31.6 Å². The van der Waals surface area contributed by atoms with Gasteiger partial charge in [-0.15, -0.1) is 0 Å². The van der Waals surface area contributed by atoms with Gasteiger partial charge in [0, 0.05) is 10.6 Å². The van der Waals surface area contributed by atoms with Crippen molar-refractivity contribution in [2.75, 3.05) is 12.4 Å². The van der Waals surface area contributed by atoms with E-state index in [-0.39, 0.29) is 12.0 Å². The number of allylic oxidation sites excluding steroid dienone is 5. The molecule has 0 amide bonds. The van der Waals surface area contributed by atoms with E-state index in [1.54, 1.807) is 48.6 Å². The zero-order valence-corrected chi connectivity index (χ0v) is 19.8. The number of halogens is 4. The van der Waals surface area contributed by atoms with E-state index in [4.69, 9.17) is 9.47 Å². The van der Waals surface area contributed by atoms with Gasteiger partial charge in [0.1, 0.15) is 11.9 Å². The Morgan fingerprint density at radius 3 is 2.63 bits per heavy atom. The molecule has 3 atom stereocenters. The highest BCUT2D eigenvalue weighted by molar-refractivity contribution is 8.03. The van der Waals surface area contributed by atoms with Gasteiger partial charge in [-0.1, -0.05) is 42.1 Å². The summed E-state index contributed by atoms with van der Waals surface area (Å²) in [7, 11) is 1.29. The van der Waals surface area contributed by atoms with Gasteiger partial charge in [-0.25, -0.2) is 9.18 Å². The Bertz CT molecular complexity index is 1190. The van der Waals surface area contributed by atoms with Crippen LogP contribution in [0, 0.1) is 11.2 Å². The summed E-state index contributed by atoms with van der Waals surface area (Å²) in [4.78, 5) is 12.9. The van der Waals surface area contributed by atoms with E-state index < -0.39 is 35.7 Å². The Hall–Kier alpha value is -3.04. The minimum atomic E-state index is -4.47. The van der Waals surface area contributed by atoms with E-state index in [0.29, 0.717) is 21.1 Å². The topological polar surface area (TPSA) is 50.9 Å². The molecule has 0 aromatic heterocycles. The molecule has 2 aromatic carbocycles. The van der Waals surface area contributed by atoms with Gasteiger partial charge in [0.05, 0.1) is 18.1 Å². The number of carbonyl (C=O) groups excluding carboxylic acids is 1. The molecule has 9 heteroatoms. The molecule has 1 heterocycles. The SMILES string of the molecule is COC(=O)c1cccc(NC2OC2/C=C/C2=CC=C(Sc3ccc(F)cc3)CC2(C)C(F)(F)F)c1. The molecule has 1 saturated heterocycles. The van der Waals surface area contributed by atoms with Gasteiger partial charge in [0.2, 0.25) is 0 Å². The van der Waals surface area contributed by atoms with Crippen molar-refractivity contribution in [1.29, 1.82) is 0 Å². The number of ether oxygens (including phenoxy) is 2. The highest BCUT2D eigenvalue weighted by atomic mass is 32.2. The van der Waals surface area contributed by atoms with Crippen molar-refractivity contribution in [3.8, 4) is 0 Å². The summed E-state index contributed by atoms with van der Waals surface area (Å²) >= 11 is 1.19. The normalized spacial score (nSPS) is 24.1. The zero-order chi connectivity index (χ0) is 25.2. The first-order valence-corrected chi connectivity index (χ1v) is 11.6. The highest BCUT2D eigenvalue weighted by Gasteiger charge is 2.54. The molecule has 2 aliphatic rings. The van der Waals surface area contributed by atoms with Crippen LogP contribution in [0.5, 0.6) is 0 Å². The van der Waals surface area contributed by atoms with Crippen LogP contribution in [0.2, 0.25) is 0 Å². The third-order valence-corrected chi connectivity index (χ3v) is 6.94. The average molecular weight is 506 g/mol. The Morgan fingerprint density at radius 2 is 1.94 bits per heavy atom. The van der Waals surface area contributed by atoms with Crippen LogP contribution < -0.4 is 5.32 Å². The number of benzene rings is 2. The van der Waals surface area contributed by atoms with E-state index in [0.717, 1.165) is 0 Å². The average Bonchev–Trinajstić information content (AvgIpc) is 3.56. The largest absolute Gasteiger partial charge is 0.465 e. The van der Waals surface area contributed by atoms with Crippen LogP contribution in [0.1, 0.15) is 23.7 Å². The molecule has 0 spiro atoms. The summed E-state index contributed by atoms with van der Waals surface area (Å²) in [5.74, 6) is -0.867. The molecular weight excluding hydrogens is 482 g/mol. The predicted molar refractivity (Wildman–Crippen MR) is 126 cm³/mol. The van der Waals surface area contributed by atoms with Gasteiger partial charge in [-0.3, -0.25) is 0 Å². The zero-order valence-electron chi connectivity index (χ0n) is 18.9. The van der Waals surface area contributed by atoms with Gasteiger partial charge >= 0.3 is 12.1 Å². The Morgan fingerprint density at radius 1 is 1.20 bits per heavy atom. The van der Waals surface area contributed by atoms with E-state index in [1.807, 2.05) is 0 Å². The standard InChI is InChI=1S/C26H23F4NO3S/c1-25(26(28,29)30)15-21(35-20-11-8-18(27)9-12-20)10-6-17(25)7-13-22-23(34-22)31-19-5-3-4-16(14-19)24(32)33-2/h3-14,22-23,31H,15H2,1-2H3/b13-7+. The molecule has 0 bridgehead atoms. The number of rotatable bonds is 7. The minimum absolute atomic E-state index is 0.135. The van der Waals surface area contributed by atoms with Gasteiger partial charge in [-0.2, -0.15) is 13.2 Å². The van der Waals surface area contributed by atoms with Crippen LogP contribution in [0.4, 0.5) is 23.2 Å². The summed E-state index contributed by atoms with van der Waals surface area (Å²) in [6.45, 7) is 1.18. The number of esters is 1. The Balaban J connectivity index is 1.45. The Labute approximate surface area is 204 Å². The quantitative estimate of drug-likeness (QED) is 0.253. The number of alkyl halides is 3. The third kappa shape index (κ3) is 5.79. The van der Waals surface area contributed by atoms with Crippen molar-refractivity contribution < 1.29 is 31.8 Å². The summed E-state index contributed by atoms with van der Waals surface area (Å²) < 4.78 is 65.8. The van der Waals surface area contributed by atoms with E-state index in [9.17, 15) is 22.4 Å². The summed E-state index contributed by atoms with van der Waals surface area (Å²) in [6, 6.07) is 12.3. The maximum atomic E-state index is 14.1. The lowest BCUT2D eigenvalue weighted by Crippen LogP contribution is -2.37. The molecule has 1 aliphatic heterocycles. The summed E-state index contributed by atoms with van der Waals surface area (Å²) in [5, 5.41) is 3.10. The van der Waals surface area contributed by atoms with Gasteiger partial charge in [0.15, 0.2) is 6.23 Å². The first-order chi connectivity index (χ1) is 16.6. The van der Waals surface area contributed by atoms with Crippen LogP contribution in [-0.2, 0) is 9.47 Å². The van der Waals surface area contributed by atoms with Crippen molar-refractivity contribution in [1.82, 2.24) is 0 Å². The Kier molecular flexibility index (Phi) is 7.10. The van der Waals surface area contributed by atoms with Gasteiger partial charge in [-0.05, 0) is 66.3 Å². The smallest absolute Gasteiger partial charge is 0.398 e. The monoisotopic (exact) mass is 505 g/mol. The summed E-state index contributed by atoms with van der Waals surface area (Å²) in [6.07, 6.45) is 0.691. The lowest BCUT2D eigenvalue weighted by molar-refractivity contribution is -0.202. The molecule has 4 rings (SSSR count). The lowest BCUT2D eigenvalue weighted by Gasteiger charge is -2.36.